The highest BCUT2D eigenvalue weighted by molar-refractivity contribution is 6.00. The summed E-state index contributed by atoms with van der Waals surface area (Å²) < 4.78 is 0. The van der Waals surface area contributed by atoms with Crippen molar-refractivity contribution in [1.29, 1.82) is 0 Å². The number of aliphatic hydroxyl groups is 1. The Kier molecular flexibility index (Phi) is 3.44. The number of β-amino-alcohol motifs (C(OH)–C–C–N with tert-alkyl or cyclic N) is 1. The first-order valence-electron chi connectivity index (χ1n) is 6.00. The Morgan fingerprint density at radius 3 is 2.63 bits per heavy atom. The number of urea groups is 1. The minimum absolute atomic E-state index is 0.0433. The quantitative estimate of drug-likeness (QED) is 0.752. The lowest BCUT2D eigenvalue weighted by atomic mass is 10.1. The fourth-order valence-electron chi connectivity index (χ4n) is 2.09. The van der Waals surface area contributed by atoms with Gasteiger partial charge in [0.1, 0.15) is 0 Å². The lowest BCUT2D eigenvalue weighted by molar-refractivity contribution is 0.0695. The average molecular weight is 264 g/mol. The van der Waals surface area contributed by atoms with Crippen LogP contribution in [0, 0.1) is 0 Å². The standard InChI is InChI=1S/C13H16N2O4/c1-13(19)6-7-15(8-13)12(18)14-10-5-3-2-4-9(10)11(16)17/h2-5,19H,6-8H2,1H3,(H,14,18)(H,16,17). The van der Waals surface area contributed by atoms with Crippen LogP contribution >= 0.6 is 0 Å². The number of carbonyl (C=O) groups is 2. The summed E-state index contributed by atoms with van der Waals surface area (Å²) >= 11 is 0. The normalized spacial score (nSPS) is 22.3. The van der Waals surface area contributed by atoms with Gasteiger partial charge in [0.05, 0.1) is 23.4 Å². The van der Waals surface area contributed by atoms with Gasteiger partial charge in [0.2, 0.25) is 0 Å². The number of likely N-dealkylation sites (tertiary alicyclic amines) is 1. The Balaban J connectivity index is 2.10. The topological polar surface area (TPSA) is 89.9 Å². The van der Waals surface area contributed by atoms with Crippen LogP contribution in [0.2, 0.25) is 0 Å². The minimum Gasteiger partial charge on any atom is -0.478 e. The van der Waals surface area contributed by atoms with E-state index in [1.54, 1.807) is 19.1 Å². The van der Waals surface area contributed by atoms with E-state index < -0.39 is 17.6 Å². The molecule has 1 heterocycles. The number of para-hydroxylation sites is 1. The number of hydrogen-bond acceptors (Lipinski definition) is 3. The van der Waals surface area contributed by atoms with E-state index in [0.717, 1.165) is 0 Å². The molecule has 1 aliphatic rings. The molecule has 0 bridgehead atoms. The number of amides is 2. The molecule has 0 radical (unpaired) electrons. The van der Waals surface area contributed by atoms with Crippen LogP contribution in [-0.2, 0) is 0 Å². The molecule has 1 aliphatic heterocycles. The second-order valence-electron chi connectivity index (χ2n) is 4.95. The number of nitrogens with zero attached hydrogens (tertiary/aromatic N) is 1. The smallest absolute Gasteiger partial charge is 0.337 e. The summed E-state index contributed by atoms with van der Waals surface area (Å²) in [5, 5.41) is 21.4. The molecule has 1 aromatic rings. The molecule has 1 saturated heterocycles. The molecule has 2 amide bonds. The Labute approximate surface area is 110 Å². The number of nitrogens with one attached hydrogen (secondary N) is 1. The van der Waals surface area contributed by atoms with Gasteiger partial charge in [-0.25, -0.2) is 9.59 Å². The number of carbonyl (C=O) groups excluding carboxylic acids is 1. The molecule has 0 saturated carbocycles. The van der Waals surface area contributed by atoms with E-state index in [2.05, 4.69) is 5.32 Å². The van der Waals surface area contributed by atoms with Crippen molar-refractivity contribution in [3.8, 4) is 0 Å². The van der Waals surface area contributed by atoms with E-state index in [1.807, 2.05) is 0 Å². The van der Waals surface area contributed by atoms with Crippen LogP contribution in [0.15, 0.2) is 24.3 Å². The van der Waals surface area contributed by atoms with Crippen molar-refractivity contribution >= 4 is 17.7 Å². The summed E-state index contributed by atoms with van der Waals surface area (Å²) in [5.74, 6) is -1.09. The van der Waals surface area contributed by atoms with Crippen molar-refractivity contribution in [2.24, 2.45) is 0 Å². The Morgan fingerprint density at radius 2 is 2.05 bits per heavy atom. The summed E-state index contributed by atoms with van der Waals surface area (Å²) in [6.45, 7) is 2.37. The van der Waals surface area contributed by atoms with Gasteiger partial charge in [-0.3, -0.25) is 0 Å². The molecule has 1 aromatic carbocycles. The van der Waals surface area contributed by atoms with E-state index in [9.17, 15) is 14.7 Å². The van der Waals surface area contributed by atoms with Gasteiger partial charge in [0, 0.05) is 6.54 Å². The number of aromatic carboxylic acids is 1. The van der Waals surface area contributed by atoms with Crippen molar-refractivity contribution in [2.45, 2.75) is 18.9 Å². The minimum atomic E-state index is -1.09. The lowest BCUT2D eigenvalue weighted by Crippen LogP contribution is -2.36. The highest BCUT2D eigenvalue weighted by Gasteiger charge is 2.34. The SMILES string of the molecule is CC1(O)CCN(C(=O)Nc2ccccc2C(=O)O)C1. The van der Waals surface area contributed by atoms with Crippen molar-refractivity contribution in [1.82, 2.24) is 4.90 Å². The number of hydrogen-bond donors (Lipinski definition) is 3. The highest BCUT2D eigenvalue weighted by Crippen LogP contribution is 2.22. The van der Waals surface area contributed by atoms with Crippen LogP contribution in [0.4, 0.5) is 10.5 Å². The zero-order chi connectivity index (χ0) is 14.0. The maximum absolute atomic E-state index is 12.0. The predicted octanol–water partition coefficient (Wildman–Crippen LogP) is 1.37. The molecule has 1 unspecified atom stereocenters. The van der Waals surface area contributed by atoms with Gasteiger partial charge in [-0.1, -0.05) is 12.1 Å². The monoisotopic (exact) mass is 264 g/mol. The zero-order valence-corrected chi connectivity index (χ0v) is 10.6. The van der Waals surface area contributed by atoms with Crippen LogP contribution in [0.1, 0.15) is 23.7 Å². The predicted molar refractivity (Wildman–Crippen MR) is 69.2 cm³/mol. The maximum atomic E-state index is 12.0. The van der Waals surface area contributed by atoms with Crippen LogP contribution < -0.4 is 5.32 Å². The fourth-order valence-corrected chi connectivity index (χ4v) is 2.09. The third-order valence-corrected chi connectivity index (χ3v) is 3.14. The van der Waals surface area contributed by atoms with Crippen molar-refractivity contribution in [2.75, 3.05) is 18.4 Å². The summed E-state index contributed by atoms with van der Waals surface area (Å²) in [5.41, 5.74) is -0.572. The molecular weight excluding hydrogens is 248 g/mol. The van der Waals surface area contributed by atoms with E-state index in [1.165, 1.54) is 17.0 Å². The molecule has 102 valence electrons. The number of benzene rings is 1. The molecule has 0 aromatic heterocycles. The van der Waals surface area contributed by atoms with Gasteiger partial charge in [-0.2, -0.15) is 0 Å². The number of rotatable bonds is 2. The van der Waals surface area contributed by atoms with Gasteiger partial charge in [-0.15, -0.1) is 0 Å². The molecule has 6 nitrogen and oxygen atoms in total. The average Bonchev–Trinajstić information content (AvgIpc) is 2.70. The van der Waals surface area contributed by atoms with Gasteiger partial charge >= 0.3 is 12.0 Å². The number of carboxylic acids is 1. The summed E-state index contributed by atoms with van der Waals surface area (Å²) in [6, 6.07) is 5.82. The van der Waals surface area contributed by atoms with E-state index >= 15 is 0 Å². The van der Waals surface area contributed by atoms with Crippen LogP contribution in [-0.4, -0.2) is 45.8 Å². The molecule has 1 fully saturated rings. The van der Waals surface area contributed by atoms with Crippen LogP contribution in [0.3, 0.4) is 0 Å². The van der Waals surface area contributed by atoms with Crippen LogP contribution in [0.25, 0.3) is 0 Å². The van der Waals surface area contributed by atoms with Crippen molar-refractivity contribution in [3.63, 3.8) is 0 Å². The third kappa shape index (κ3) is 3.03. The maximum Gasteiger partial charge on any atom is 0.337 e. The second-order valence-corrected chi connectivity index (χ2v) is 4.95. The van der Waals surface area contributed by atoms with Gasteiger partial charge < -0.3 is 20.4 Å². The fraction of sp³-hybridized carbons (Fsp3) is 0.385. The molecular formula is C13H16N2O4. The summed E-state index contributed by atoms with van der Waals surface area (Å²) in [7, 11) is 0. The third-order valence-electron chi connectivity index (χ3n) is 3.14. The molecule has 0 spiro atoms. The molecule has 6 heteroatoms. The second kappa shape index (κ2) is 4.89. The molecule has 3 N–H and O–H groups in total. The largest absolute Gasteiger partial charge is 0.478 e. The van der Waals surface area contributed by atoms with Gasteiger partial charge in [0.15, 0.2) is 0 Å². The first-order chi connectivity index (χ1) is 8.89. The molecule has 1 atom stereocenters. The highest BCUT2D eigenvalue weighted by atomic mass is 16.4. The first kappa shape index (κ1) is 13.4. The van der Waals surface area contributed by atoms with E-state index in [0.29, 0.717) is 13.0 Å². The Hall–Kier alpha value is -2.08. The van der Waals surface area contributed by atoms with Crippen molar-refractivity contribution < 1.29 is 19.8 Å². The molecule has 19 heavy (non-hydrogen) atoms. The van der Waals surface area contributed by atoms with Gasteiger partial charge in [0.25, 0.3) is 0 Å². The Morgan fingerprint density at radius 1 is 1.37 bits per heavy atom. The summed E-state index contributed by atoms with van der Waals surface area (Å²) in [6.07, 6.45) is 0.515. The van der Waals surface area contributed by atoms with Gasteiger partial charge in [-0.05, 0) is 25.5 Å². The van der Waals surface area contributed by atoms with Crippen LogP contribution in [0.5, 0.6) is 0 Å². The Bertz CT molecular complexity index is 513. The van der Waals surface area contributed by atoms with E-state index in [-0.39, 0.29) is 17.8 Å². The molecule has 0 aliphatic carbocycles. The zero-order valence-electron chi connectivity index (χ0n) is 10.6. The van der Waals surface area contributed by atoms with Crippen molar-refractivity contribution in [3.05, 3.63) is 29.8 Å². The molecule has 2 rings (SSSR count). The number of carboxylic acid groups (broad SMARTS) is 1. The summed E-state index contributed by atoms with van der Waals surface area (Å²) in [4.78, 5) is 24.5. The van der Waals surface area contributed by atoms with E-state index in [4.69, 9.17) is 5.11 Å². The lowest BCUT2D eigenvalue weighted by Gasteiger charge is -2.20. The number of anilines is 1. The first-order valence-corrected chi connectivity index (χ1v) is 6.00.